The van der Waals surface area contributed by atoms with Gasteiger partial charge in [-0.1, -0.05) is 39.8 Å². The van der Waals surface area contributed by atoms with Crippen molar-refractivity contribution < 1.29 is 9.59 Å². The molecule has 1 N–H and O–H groups in total. The van der Waals surface area contributed by atoms with E-state index in [4.69, 9.17) is 0 Å². The SMILES string of the molecule is CSC(C)C1NC(=O)N(c2ccc(C(C)(C)C)cc2)C1=O. The Labute approximate surface area is 130 Å². The van der Waals surface area contributed by atoms with Crippen LogP contribution in [-0.2, 0) is 10.2 Å². The van der Waals surface area contributed by atoms with Crippen molar-refractivity contribution in [3.05, 3.63) is 29.8 Å². The quantitative estimate of drug-likeness (QED) is 0.873. The first kappa shape index (κ1) is 15.9. The molecule has 2 unspecified atom stereocenters. The van der Waals surface area contributed by atoms with Crippen molar-refractivity contribution >= 4 is 29.4 Å². The Morgan fingerprint density at radius 1 is 1.19 bits per heavy atom. The van der Waals surface area contributed by atoms with E-state index >= 15 is 0 Å². The van der Waals surface area contributed by atoms with Crippen LogP contribution in [0.25, 0.3) is 0 Å². The van der Waals surface area contributed by atoms with E-state index in [-0.39, 0.29) is 22.6 Å². The minimum atomic E-state index is -0.449. The monoisotopic (exact) mass is 306 g/mol. The highest BCUT2D eigenvalue weighted by Gasteiger charge is 2.41. The molecular formula is C16H22N2O2S. The summed E-state index contributed by atoms with van der Waals surface area (Å²) in [6, 6.07) is 6.83. The molecule has 1 saturated heterocycles. The maximum Gasteiger partial charge on any atom is 0.329 e. The average Bonchev–Trinajstić information content (AvgIpc) is 2.72. The zero-order valence-corrected chi connectivity index (χ0v) is 14.0. The van der Waals surface area contributed by atoms with Gasteiger partial charge < -0.3 is 5.32 Å². The van der Waals surface area contributed by atoms with Crippen molar-refractivity contribution in [2.24, 2.45) is 0 Å². The molecule has 1 heterocycles. The molecule has 0 bridgehead atoms. The molecule has 21 heavy (non-hydrogen) atoms. The molecule has 2 rings (SSSR count). The van der Waals surface area contributed by atoms with Crippen LogP contribution in [0.15, 0.2) is 24.3 Å². The van der Waals surface area contributed by atoms with E-state index in [9.17, 15) is 9.59 Å². The molecule has 1 aliphatic rings. The molecule has 5 heteroatoms. The van der Waals surface area contributed by atoms with Crippen LogP contribution < -0.4 is 10.2 Å². The molecule has 0 radical (unpaired) electrons. The Kier molecular flexibility index (Phi) is 4.33. The summed E-state index contributed by atoms with van der Waals surface area (Å²) in [5.41, 5.74) is 1.85. The molecular weight excluding hydrogens is 284 g/mol. The predicted octanol–water partition coefficient (Wildman–Crippen LogP) is 3.16. The summed E-state index contributed by atoms with van der Waals surface area (Å²) in [6.07, 6.45) is 1.94. The number of anilines is 1. The molecule has 114 valence electrons. The lowest BCUT2D eigenvalue weighted by atomic mass is 9.87. The number of urea groups is 1. The molecule has 4 nitrogen and oxygen atoms in total. The minimum absolute atomic E-state index is 0.0473. The van der Waals surface area contributed by atoms with Crippen LogP contribution in [0.1, 0.15) is 33.3 Å². The molecule has 0 aliphatic carbocycles. The van der Waals surface area contributed by atoms with Crippen molar-refractivity contribution in [3.63, 3.8) is 0 Å². The van der Waals surface area contributed by atoms with Crippen LogP contribution in [0.4, 0.5) is 10.5 Å². The Bertz CT molecular complexity index is 548. The number of nitrogens with zero attached hydrogens (tertiary/aromatic N) is 1. The number of hydrogen-bond donors (Lipinski definition) is 1. The third-order valence-electron chi connectivity index (χ3n) is 3.80. The number of imide groups is 1. The van der Waals surface area contributed by atoms with Gasteiger partial charge in [0.1, 0.15) is 6.04 Å². The normalized spacial score (nSPS) is 20.6. The van der Waals surface area contributed by atoms with Crippen LogP contribution in [0.2, 0.25) is 0 Å². The fraction of sp³-hybridized carbons (Fsp3) is 0.500. The van der Waals surface area contributed by atoms with E-state index in [0.717, 1.165) is 0 Å². The number of amides is 3. The fourth-order valence-electron chi connectivity index (χ4n) is 2.31. The highest BCUT2D eigenvalue weighted by atomic mass is 32.2. The summed E-state index contributed by atoms with van der Waals surface area (Å²) in [5, 5.41) is 2.82. The van der Waals surface area contributed by atoms with Crippen LogP contribution >= 0.6 is 11.8 Å². The predicted molar refractivity (Wildman–Crippen MR) is 87.9 cm³/mol. The molecule has 0 saturated carbocycles. The zero-order chi connectivity index (χ0) is 15.8. The van der Waals surface area contributed by atoms with Crippen LogP contribution in [0.3, 0.4) is 0 Å². The minimum Gasteiger partial charge on any atom is -0.324 e. The summed E-state index contributed by atoms with van der Waals surface area (Å²) < 4.78 is 0. The van der Waals surface area contributed by atoms with Crippen molar-refractivity contribution in [1.29, 1.82) is 0 Å². The van der Waals surface area contributed by atoms with Gasteiger partial charge in [0.25, 0.3) is 5.91 Å². The van der Waals surface area contributed by atoms with E-state index in [1.807, 2.05) is 37.4 Å². The van der Waals surface area contributed by atoms with Gasteiger partial charge in [-0.3, -0.25) is 4.79 Å². The summed E-state index contributed by atoms with van der Waals surface area (Å²) in [6.45, 7) is 8.34. The lowest BCUT2D eigenvalue weighted by molar-refractivity contribution is -0.118. The summed E-state index contributed by atoms with van der Waals surface area (Å²) in [7, 11) is 0. The highest BCUT2D eigenvalue weighted by Crippen LogP contribution is 2.27. The second-order valence-electron chi connectivity index (χ2n) is 6.34. The van der Waals surface area contributed by atoms with Gasteiger partial charge in [-0.2, -0.15) is 11.8 Å². The first-order chi connectivity index (χ1) is 9.75. The van der Waals surface area contributed by atoms with E-state index in [1.165, 1.54) is 10.5 Å². The number of thioether (sulfide) groups is 1. The molecule has 0 spiro atoms. The highest BCUT2D eigenvalue weighted by molar-refractivity contribution is 7.99. The standard InChI is InChI=1S/C16H22N2O2S/c1-10(21-5)13-14(19)18(15(20)17-13)12-8-6-11(7-9-12)16(2,3)4/h6-10,13H,1-5H3,(H,17,20). The number of carbonyl (C=O) groups is 2. The molecule has 1 aromatic rings. The van der Waals surface area contributed by atoms with Crippen molar-refractivity contribution in [2.75, 3.05) is 11.2 Å². The Morgan fingerprint density at radius 2 is 1.76 bits per heavy atom. The first-order valence-corrected chi connectivity index (χ1v) is 8.32. The van der Waals surface area contributed by atoms with Crippen molar-refractivity contribution in [1.82, 2.24) is 5.32 Å². The summed E-state index contributed by atoms with van der Waals surface area (Å²) in [5.74, 6) is -0.176. The van der Waals surface area contributed by atoms with Crippen LogP contribution in [0.5, 0.6) is 0 Å². The number of nitrogens with one attached hydrogen (secondary N) is 1. The molecule has 1 aliphatic heterocycles. The molecule has 1 fully saturated rings. The lowest BCUT2D eigenvalue weighted by Crippen LogP contribution is -2.37. The van der Waals surface area contributed by atoms with Gasteiger partial charge >= 0.3 is 6.03 Å². The molecule has 0 aromatic heterocycles. The Hall–Kier alpha value is -1.49. The largest absolute Gasteiger partial charge is 0.329 e. The topological polar surface area (TPSA) is 49.4 Å². The smallest absolute Gasteiger partial charge is 0.324 e. The maximum absolute atomic E-state index is 12.4. The zero-order valence-electron chi connectivity index (χ0n) is 13.1. The van der Waals surface area contributed by atoms with Gasteiger partial charge in [-0.25, -0.2) is 9.69 Å². The molecule has 2 atom stereocenters. The second kappa shape index (κ2) is 5.72. The number of carbonyl (C=O) groups excluding carboxylic acids is 2. The van der Waals surface area contributed by atoms with Gasteiger partial charge in [-0.15, -0.1) is 0 Å². The summed E-state index contributed by atoms with van der Waals surface area (Å²) >= 11 is 1.57. The van der Waals surface area contributed by atoms with Gasteiger partial charge in [0.2, 0.25) is 0 Å². The third-order valence-corrected chi connectivity index (χ3v) is 4.82. The summed E-state index contributed by atoms with van der Waals surface area (Å²) in [4.78, 5) is 25.8. The van der Waals surface area contributed by atoms with E-state index in [0.29, 0.717) is 5.69 Å². The third kappa shape index (κ3) is 3.07. The van der Waals surface area contributed by atoms with Gasteiger partial charge in [0, 0.05) is 5.25 Å². The van der Waals surface area contributed by atoms with Gasteiger partial charge in [-0.05, 0) is 29.4 Å². The fourth-order valence-corrected chi connectivity index (χ4v) is 2.76. The van der Waals surface area contributed by atoms with Crippen LogP contribution in [0, 0.1) is 0 Å². The lowest BCUT2D eigenvalue weighted by Gasteiger charge is -2.20. The molecule has 3 amide bonds. The number of benzene rings is 1. The average molecular weight is 306 g/mol. The van der Waals surface area contributed by atoms with E-state index in [1.54, 1.807) is 11.8 Å². The number of hydrogen-bond acceptors (Lipinski definition) is 3. The first-order valence-electron chi connectivity index (χ1n) is 7.03. The Balaban J connectivity index is 2.26. The second-order valence-corrected chi connectivity index (χ2v) is 7.55. The maximum atomic E-state index is 12.4. The molecule has 1 aromatic carbocycles. The van der Waals surface area contributed by atoms with Gasteiger partial charge in [0.15, 0.2) is 0 Å². The van der Waals surface area contributed by atoms with E-state index < -0.39 is 6.04 Å². The Morgan fingerprint density at radius 3 is 2.24 bits per heavy atom. The van der Waals surface area contributed by atoms with E-state index in [2.05, 4.69) is 26.1 Å². The van der Waals surface area contributed by atoms with Crippen LogP contribution in [-0.4, -0.2) is 29.5 Å². The van der Waals surface area contributed by atoms with Crippen molar-refractivity contribution in [3.8, 4) is 0 Å². The van der Waals surface area contributed by atoms with Crippen molar-refractivity contribution in [2.45, 2.75) is 44.4 Å². The number of rotatable bonds is 3. The van der Waals surface area contributed by atoms with Gasteiger partial charge in [0.05, 0.1) is 5.69 Å².